The van der Waals surface area contributed by atoms with E-state index in [4.69, 9.17) is 24.1 Å². The Bertz CT molecular complexity index is 3030. The van der Waals surface area contributed by atoms with Crippen molar-refractivity contribution in [3.63, 3.8) is 0 Å². The molecule has 8 aromatic rings. The molecule has 0 aromatic heterocycles. The first-order chi connectivity index (χ1) is 36.7. The molecule has 8 aromatic carbocycles. The lowest BCUT2D eigenvalue weighted by atomic mass is 9.96. The van der Waals surface area contributed by atoms with Crippen molar-refractivity contribution in [2.45, 2.75) is 169 Å². The predicted molar refractivity (Wildman–Crippen MR) is 316 cm³/mol. The summed E-state index contributed by atoms with van der Waals surface area (Å²) in [6, 6.07) is 57.9. The monoisotopic (exact) mass is 1020 g/mol. The van der Waals surface area contributed by atoms with Crippen LogP contribution in [-0.4, -0.2) is 22.8 Å². The van der Waals surface area contributed by atoms with Gasteiger partial charge in [0.05, 0.1) is 12.2 Å². The van der Waals surface area contributed by atoms with Crippen molar-refractivity contribution in [3.8, 4) is 23.0 Å². The van der Waals surface area contributed by atoms with Crippen LogP contribution in [0.1, 0.15) is 188 Å². The Labute approximate surface area is 455 Å². The Kier molecular flexibility index (Phi) is 21.0. The van der Waals surface area contributed by atoms with E-state index in [-0.39, 0.29) is 24.8 Å². The summed E-state index contributed by atoms with van der Waals surface area (Å²) in [7, 11) is 0. The van der Waals surface area contributed by atoms with E-state index in [1.54, 1.807) is 24.3 Å². The van der Waals surface area contributed by atoms with E-state index < -0.39 is 0 Å². The van der Waals surface area contributed by atoms with Crippen molar-refractivity contribution in [2.75, 3.05) is 0 Å². The molecule has 6 heteroatoms. The van der Waals surface area contributed by atoms with Crippen LogP contribution in [0.15, 0.2) is 170 Å². The van der Waals surface area contributed by atoms with Crippen LogP contribution in [0.4, 0.5) is 0 Å². The van der Waals surface area contributed by atoms with Crippen molar-refractivity contribution in [1.29, 1.82) is 0 Å². The zero-order valence-corrected chi connectivity index (χ0v) is 47.0. The Morgan fingerprint density at radius 2 is 0.737 bits per heavy atom. The molecule has 76 heavy (non-hydrogen) atoms. The van der Waals surface area contributed by atoms with Gasteiger partial charge in [-0.1, -0.05) is 177 Å². The molecule has 0 saturated carbocycles. The third kappa shape index (κ3) is 15.7. The molecule has 0 bridgehead atoms. The van der Waals surface area contributed by atoms with Gasteiger partial charge in [0.25, 0.3) is 0 Å². The number of phenolic OH excluding ortho intramolecular Hbond substituents is 2. The summed E-state index contributed by atoms with van der Waals surface area (Å²) in [5, 5.41) is 23.1. The molecule has 0 amide bonds. The van der Waals surface area contributed by atoms with Crippen LogP contribution in [0.25, 0.3) is 21.5 Å². The lowest BCUT2D eigenvalue weighted by molar-refractivity contribution is -0.109. The van der Waals surface area contributed by atoms with Crippen LogP contribution in [-0.2, 0) is 22.3 Å². The maximum absolute atomic E-state index is 9.35. The molecule has 0 aliphatic heterocycles. The Morgan fingerprint density at radius 3 is 1.22 bits per heavy atom. The fourth-order valence-electron chi connectivity index (χ4n) is 10.0. The SMILES string of the molecule is CCC(C)c1ccc(O)cc1.CCC(C)c1ccc(OC(C)OC2CCc3ccccc32)cc1.CCC(C)c1ccc2cc(O)ccc2c1.CCC(C)c1ccc2cc(OC(C)OC3CCc4ccccc43)ccc2c1. The number of hydrogen-bond donors (Lipinski definition) is 2. The molecular formula is C70H84O6. The molecule has 6 nitrogen and oxygen atoms in total. The molecule has 0 radical (unpaired) electrons. The second-order valence-corrected chi connectivity index (χ2v) is 21.1. The number of phenols is 2. The standard InChI is InChI=1S/C25H28O2.C21H26O2.C14H16O.C10H14O/c1-4-17(2)20-9-10-22-16-23(13-11-21(22)15-20)26-18(3)27-25-14-12-19-7-5-6-8-24(19)25;1-4-15(2)17-9-12-19(13-10-17)22-16(3)23-21-14-11-18-7-5-6-8-20(18)21;1-3-10(2)11-4-5-13-9-14(15)7-6-12(13)8-11;1-3-8(2)9-4-6-10(11)7-5-9/h5-11,13,15-18,25H,4,12,14H2,1-3H3;5-10,12-13,15-16,21H,4,11,14H2,1-3H3;4-10,15H,3H2,1-2H3;4-8,11H,3H2,1-2H3. The summed E-state index contributed by atoms with van der Waals surface area (Å²) in [5.74, 6) is 4.78. The van der Waals surface area contributed by atoms with Crippen LogP contribution in [0.2, 0.25) is 0 Å². The van der Waals surface area contributed by atoms with Gasteiger partial charge in [-0.05, 0) is 203 Å². The highest BCUT2D eigenvalue weighted by atomic mass is 16.7. The number of rotatable bonds is 16. The van der Waals surface area contributed by atoms with Gasteiger partial charge in [0.15, 0.2) is 12.6 Å². The largest absolute Gasteiger partial charge is 0.508 e. The van der Waals surface area contributed by atoms with Gasteiger partial charge in [-0.2, -0.15) is 0 Å². The van der Waals surface area contributed by atoms with Gasteiger partial charge in [0.1, 0.15) is 23.0 Å². The van der Waals surface area contributed by atoms with Gasteiger partial charge in [0, 0.05) is 0 Å². The van der Waals surface area contributed by atoms with Crippen LogP contribution in [0, 0.1) is 0 Å². The summed E-state index contributed by atoms with van der Waals surface area (Å²) in [6.07, 6.45) is 8.62. The van der Waals surface area contributed by atoms with E-state index >= 15 is 0 Å². The van der Waals surface area contributed by atoms with E-state index in [1.807, 2.05) is 50.2 Å². The average Bonchev–Trinajstić information content (AvgIpc) is 4.06. The number of hydrogen-bond acceptors (Lipinski definition) is 6. The highest BCUT2D eigenvalue weighted by Crippen LogP contribution is 2.37. The Morgan fingerprint density at radius 1 is 0.382 bits per heavy atom. The predicted octanol–water partition coefficient (Wildman–Crippen LogP) is 19.4. The fraction of sp³-hybridized carbons (Fsp3) is 0.371. The maximum atomic E-state index is 9.35. The highest BCUT2D eigenvalue weighted by Gasteiger charge is 2.26. The molecule has 10 rings (SSSR count). The molecular weight excluding hydrogens is 937 g/mol. The number of aromatic hydroxyl groups is 2. The van der Waals surface area contributed by atoms with Crippen molar-refractivity contribution in [1.82, 2.24) is 0 Å². The average molecular weight is 1020 g/mol. The lowest BCUT2D eigenvalue weighted by Gasteiger charge is -2.21. The normalized spacial score (nSPS) is 16.7. The van der Waals surface area contributed by atoms with Crippen molar-refractivity contribution in [2.24, 2.45) is 0 Å². The third-order valence-electron chi connectivity index (χ3n) is 15.7. The summed E-state index contributed by atoms with van der Waals surface area (Å²) < 4.78 is 24.3. The Balaban J connectivity index is 0.000000155. The highest BCUT2D eigenvalue weighted by molar-refractivity contribution is 5.85. The van der Waals surface area contributed by atoms with Crippen LogP contribution in [0.3, 0.4) is 0 Å². The molecule has 8 unspecified atom stereocenters. The molecule has 8 atom stereocenters. The summed E-state index contributed by atoms with van der Waals surface area (Å²) in [5.41, 5.74) is 10.9. The second-order valence-electron chi connectivity index (χ2n) is 21.1. The smallest absolute Gasteiger partial charge is 0.197 e. The van der Waals surface area contributed by atoms with E-state index in [0.29, 0.717) is 35.2 Å². The van der Waals surface area contributed by atoms with Crippen LogP contribution >= 0.6 is 0 Å². The molecule has 2 aliphatic carbocycles. The second kappa shape index (κ2) is 28.0. The fourth-order valence-corrected chi connectivity index (χ4v) is 10.0. The van der Waals surface area contributed by atoms with E-state index in [9.17, 15) is 5.11 Å². The molecule has 2 N–H and O–H groups in total. The first-order valence-corrected chi connectivity index (χ1v) is 28.2. The molecule has 0 spiro atoms. The van der Waals surface area contributed by atoms with Crippen LogP contribution < -0.4 is 9.47 Å². The van der Waals surface area contributed by atoms with E-state index in [1.165, 1.54) is 60.7 Å². The molecule has 0 heterocycles. The van der Waals surface area contributed by atoms with Crippen molar-refractivity contribution >= 4 is 21.5 Å². The molecule has 2 aliphatic rings. The zero-order chi connectivity index (χ0) is 54.1. The molecule has 0 saturated heterocycles. The topological polar surface area (TPSA) is 77.4 Å². The van der Waals surface area contributed by atoms with Gasteiger partial charge >= 0.3 is 0 Å². The minimum Gasteiger partial charge on any atom is -0.508 e. The quantitative estimate of drug-likeness (QED) is 0.0939. The summed E-state index contributed by atoms with van der Waals surface area (Å²) in [6.45, 7) is 21.7. The van der Waals surface area contributed by atoms with E-state index in [0.717, 1.165) is 68.3 Å². The first kappa shape index (κ1) is 57.1. The number of fused-ring (bicyclic) bond motifs is 4. The van der Waals surface area contributed by atoms with Gasteiger partial charge in [0.2, 0.25) is 0 Å². The van der Waals surface area contributed by atoms with Gasteiger partial charge in [-0.25, -0.2) is 0 Å². The van der Waals surface area contributed by atoms with Crippen molar-refractivity contribution in [3.05, 3.63) is 214 Å². The van der Waals surface area contributed by atoms with Gasteiger partial charge < -0.3 is 29.2 Å². The zero-order valence-electron chi connectivity index (χ0n) is 47.0. The molecule has 400 valence electrons. The maximum Gasteiger partial charge on any atom is 0.197 e. The van der Waals surface area contributed by atoms with Crippen LogP contribution in [0.5, 0.6) is 23.0 Å². The minimum atomic E-state index is -0.280. The van der Waals surface area contributed by atoms with Gasteiger partial charge in [-0.3, -0.25) is 0 Å². The van der Waals surface area contributed by atoms with E-state index in [2.05, 4.69) is 165 Å². The number of ether oxygens (including phenoxy) is 4. The number of aryl methyl sites for hydroxylation is 2. The summed E-state index contributed by atoms with van der Waals surface area (Å²) >= 11 is 0. The number of benzene rings is 8. The lowest BCUT2D eigenvalue weighted by Crippen LogP contribution is -2.18. The molecule has 0 fully saturated rings. The Hall–Kier alpha value is -6.60. The summed E-state index contributed by atoms with van der Waals surface area (Å²) in [4.78, 5) is 0. The minimum absolute atomic E-state index is 0.134. The van der Waals surface area contributed by atoms with Crippen molar-refractivity contribution < 1.29 is 29.2 Å². The van der Waals surface area contributed by atoms with Gasteiger partial charge in [-0.15, -0.1) is 0 Å². The first-order valence-electron chi connectivity index (χ1n) is 28.2. The third-order valence-corrected chi connectivity index (χ3v) is 15.7.